The van der Waals surface area contributed by atoms with Crippen molar-refractivity contribution in [2.24, 2.45) is 10.7 Å². The van der Waals surface area contributed by atoms with Crippen LogP contribution in [-0.4, -0.2) is 19.0 Å². The SMILES string of the molecule is COC(N)=NC(=O)c1ccc(C)cc1. The summed E-state index contributed by atoms with van der Waals surface area (Å²) in [6.45, 7) is 1.95. The first-order valence-corrected chi connectivity index (χ1v) is 4.12. The molecule has 0 bridgehead atoms. The second-order valence-corrected chi connectivity index (χ2v) is 2.83. The molecule has 0 spiro atoms. The monoisotopic (exact) mass is 192 g/mol. The van der Waals surface area contributed by atoms with Gasteiger partial charge in [0, 0.05) is 5.56 Å². The predicted octanol–water partition coefficient (Wildman–Crippen LogP) is 1.10. The second kappa shape index (κ2) is 4.41. The first-order chi connectivity index (χ1) is 6.63. The molecule has 0 aliphatic rings. The normalized spacial score (nSPS) is 11.1. The zero-order valence-electron chi connectivity index (χ0n) is 8.15. The van der Waals surface area contributed by atoms with E-state index in [0.29, 0.717) is 5.56 Å². The van der Waals surface area contributed by atoms with Gasteiger partial charge in [0.1, 0.15) is 0 Å². The molecule has 0 heterocycles. The highest BCUT2D eigenvalue weighted by Gasteiger charge is 2.03. The molecule has 0 aliphatic heterocycles. The molecule has 14 heavy (non-hydrogen) atoms. The minimum absolute atomic E-state index is 0.129. The summed E-state index contributed by atoms with van der Waals surface area (Å²) < 4.78 is 4.57. The number of nitrogens with two attached hydrogens (primary N) is 1. The number of nitrogens with zero attached hydrogens (tertiary/aromatic N) is 1. The third-order valence-electron chi connectivity index (χ3n) is 1.72. The molecule has 74 valence electrons. The Morgan fingerprint density at radius 1 is 1.36 bits per heavy atom. The molecule has 4 nitrogen and oxygen atoms in total. The van der Waals surface area contributed by atoms with Gasteiger partial charge in [-0.1, -0.05) is 17.7 Å². The highest BCUT2D eigenvalue weighted by atomic mass is 16.5. The third-order valence-corrected chi connectivity index (χ3v) is 1.72. The van der Waals surface area contributed by atoms with Crippen LogP contribution in [0.15, 0.2) is 29.3 Å². The maximum Gasteiger partial charge on any atom is 0.289 e. The summed E-state index contributed by atoms with van der Waals surface area (Å²) in [5.74, 6) is -0.399. The van der Waals surface area contributed by atoms with Crippen LogP contribution in [0.2, 0.25) is 0 Å². The summed E-state index contributed by atoms with van der Waals surface area (Å²) >= 11 is 0. The average Bonchev–Trinajstić information content (AvgIpc) is 2.18. The van der Waals surface area contributed by atoms with Crippen LogP contribution in [0, 0.1) is 6.92 Å². The van der Waals surface area contributed by atoms with Gasteiger partial charge in [0.15, 0.2) is 0 Å². The number of amidine groups is 1. The van der Waals surface area contributed by atoms with E-state index in [1.54, 1.807) is 12.1 Å². The van der Waals surface area contributed by atoms with Crippen LogP contribution in [0.1, 0.15) is 15.9 Å². The van der Waals surface area contributed by atoms with E-state index < -0.39 is 5.91 Å². The molecule has 0 saturated heterocycles. The Kier molecular flexibility index (Phi) is 3.23. The van der Waals surface area contributed by atoms with Crippen molar-refractivity contribution in [2.45, 2.75) is 6.92 Å². The zero-order valence-corrected chi connectivity index (χ0v) is 8.15. The fourth-order valence-corrected chi connectivity index (χ4v) is 0.906. The van der Waals surface area contributed by atoms with Crippen molar-refractivity contribution in [1.82, 2.24) is 0 Å². The number of carbonyl (C=O) groups is 1. The van der Waals surface area contributed by atoms with Gasteiger partial charge in [-0.05, 0) is 19.1 Å². The first kappa shape index (κ1) is 10.2. The molecule has 0 atom stereocenters. The molecule has 0 unspecified atom stereocenters. The Labute approximate surface area is 82.4 Å². The maximum absolute atomic E-state index is 11.4. The van der Waals surface area contributed by atoms with Crippen molar-refractivity contribution in [3.05, 3.63) is 35.4 Å². The molecule has 0 saturated carbocycles. The van der Waals surface area contributed by atoms with Gasteiger partial charge in [0.25, 0.3) is 11.9 Å². The van der Waals surface area contributed by atoms with Gasteiger partial charge in [0.05, 0.1) is 7.11 Å². The van der Waals surface area contributed by atoms with E-state index in [4.69, 9.17) is 5.73 Å². The molecular weight excluding hydrogens is 180 g/mol. The van der Waals surface area contributed by atoms with Gasteiger partial charge in [-0.3, -0.25) is 4.79 Å². The van der Waals surface area contributed by atoms with Crippen LogP contribution in [-0.2, 0) is 4.74 Å². The van der Waals surface area contributed by atoms with Crippen LogP contribution in [0.25, 0.3) is 0 Å². The molecule has 0 fully saturated rings. The van der Waals surface area contributed by atoms with E-state index in [1.807, 2.05) is 19.1 Å². The van der Waals surface area contributed by atoms with E-state index >= 15 is 0 Å². The molecule has 0 radical (unpaired) electrons. The maximum atomic E-state index is 11.4. The van der Waals surface area contributed by atoms with Crippen molar-refractivity contribution < 1.29 is 9.53 Å². The average molecular weight is 192 g/mol. The molecule has 0 aromatic heterocycles. The summed E-state index contributed by atoms with van der Waals surface area (Å²) in [6, 6.07) is 6.95. The number of hydrogen-bond donors (Lipinski definition) is 1. The summed E-state index contributed by atoms with van der Waals surface area (Å²) in [5, 5.41) is 0. The van der Waals surface area contributed by atoms with E-state index in [9.17, 15) is 4.79 Å². The second-order valence-electron chi connectivity index (χ2n) is 2.83. The number of benzene rings is 1. The topological polar surface area (TPSA) is 64.7 Å². The number of rotatable bonds is 1. The number of methoxy groups -OCH3 is 1. The van der Waals surface area contributed by atoms with Gasteiger partial charge in [-0.2, -0.15) is 4.99 Å². The summed E-state index contributed by atoms with van der Waals surface area (Å²) in [5.41, 5.74) is 6.83. The number of aliphatic imine (C=N–C) groups is 1. The lowest BCUT2D eigenvalue weighted by Gasteiger charge is -1.98. The van der Waals surface area contributed by atoms with Crippen molar-refractivity contribution >= 4 is 11.9 Å². The molecule has 4 heteroatoms. The Balaban J connectivity index is 2.85. The molecule has 1 aromatic rings. The number of ether oxygens (including phenoxy) is 1. The Morgan fingerprint density at radius 2 is 1.93 bits per heavy atom. The first-order valence-electron chi connectivity index (χ1n) is 4.12. The van der Waals surface area contributed by atoms with Crippen LogP contribution in [0.5, 0.6) is 0 Å². The molecule has 2 N–H and O–H groups in total. The summed E-state index contributed by atoms with van der Waals surface area (Å²) in [6.07, 6.45) is 0. The van der Waals surface area contributed by atoms with E-state index in [2.05, 4.69) is 9.73 Å². The van der Waals surface area contributed by atoms with Gasteiger partial charge in [-0.25, -0.2) is 0 Å². The largest absolute Gasteiger partial charge is 0.468 e. The van der Waals surface area contributed by atoms with E-state index in [0.717, 1.165) is 5.56 Å². The van der Waals surface area contributed by atoms with Gasteiger partial charge in [-0.15, -0.1) is 0 Å². The number of hydrogen-bond acceptors (Lipinski definition) is 2. The zero-order chi connectivity index (χ0) is 10.6. The van der Waals surface area contributed by atoms with Gasteiger partial charge >= 0.3 is 0 Å². The van der Waals surface area contributed by atoms with E-state index in [1.165, 1.54) is 7.11 Å². The van der Waals surface area contributed by atoms with E-state index in [-0.39, 0.29) is 6.02 Å². The number of amides is 1. The Hall–Kier alpha value is -1.84. The third kappa shape index (κ3) is 2.58. The minimum Gasteiger partial charge on any atom is -0.468 e. The Morgan fingerprint density at radius 3 is 2.43 bits per heavy atom. The molecule has 0 aliphatic carbocycles. The van der Waals surface area contributed by atoms with Crippen molar-refractivity contribution in [1.29, 1.82) is 0 Å². The standard InChI is InChI=1S/C10H12N2O2/c1-7-3-5-8(6-4-7)9(13)12-10(11)14-2/h3-6H,1-2H3,(H2,11,12,13). The minimum atomic E-state index is -0.399. The molecule has 1 amide bonds. The van der Waals surface area contributed by atoms with Gasteiger partial charge < -0.3 is 10.5 Å². The Bertz CT molecular complexity index is 355. The molecular formula is C10H12N2O2. The number of carbonyl (C=O) groups excluding carboxylic acids is 1. The van der Waals surface area contributed by atoms with Crippen LogP contribution >= 0.6 is 0 Å². The fourth-order valence-electron chi connectivity index (χ4n) is 0.906. The quantitative estimate of drug-likeness (QED) is 0.535. The van der Waals surface area contributed by atoms with Crippen molar-refractivity contribution in [3.63, 3.8) is 0 Å². The predicted molar refractivity (Wildman–Crippen MR) is 54.1 cm³/mol. The summed E-state index contributed by atoms with van der Waals surface area (Å²) in [7, 11) is 1.36. The van der Waals surface area contributed by atoms with Crippen LogP contribution in [0.4, 0.5) is 0 Å². The smallest absolute Gasteiger partial charge is 0.289 e. The molecule has 1 aromatic carbocycles. The highest BCUT2D eigenvalue weighted by Crippen LogP contribution is 2.04. The summed E-state index contributed by atoms with van der Waals surface area (Å²) in [4.78, 5) is 14.9. The number of aryl methyl sites for hydroxylation is 1. The van der Waals surface area contributed by atoms with Crippen molar-refractivity contribution in [2.75, 3.05) is 7.11 Å². The van der Waals surface area contributed by atoms with Crippen LogP contribution < -0.4 is 5.73 Å². The fraction of sp³-hybridized carbons (Fsp3) is 0.200. The van der Waals surface area contributed by atoms with Crippen molar-refractivity contribution in [3.8, 4) is 0 Å². The lowest BCUT2D eigenvalue weighted by molar-refractivity contribution is 0.1000. The van der Waals surface area contributed by atoms with Crippen LogP contribution in [0.3, 0.4) is 0 Å². The lowest BCUT2D eigenvalue weighted by atomic mass is 10.1. The highest BCUT2D eigenvalue weighted by molar-refractivity contribution is 6.00. The lowest BCUT2D eigenvalue weighted by Crippen LogP contribution is -2.16. The van der Waals surface area contributed by atoms with Gasteiger partial charge in [0.2, 0.25) is 0 Å². The molecule has 1 rings (SSSR count).